The third-order valence-corrected chi connectivity index (χ3v) is 2.83. The van der Waals surface area contributed by atoms with Gasteiger partial charge in [-0.2, -0.15) is 18.4 Å². The molecule has 1 aromatic carbocycles. The summed E-state index contributed by atoms with van der Waals surface area (Å²) in [7, 11) is 0. The Morgan fingerprint density at radius 2 is 2.15 bits per heavy atom. The minimum Gasteiger partial charge on any atom is -0.324 e. The number of hydrogen-bond acceptors (Lipinski definition) is 2. The number of hydrogen-bond donors (Lipinski definition) is 1. The molecular formula is C13H12ClF3N2O. The largest absolute Gasteiger partial charge is 0.418 e. The van der Waals surface area contributed by atoms with E-state index >= 15 is 0 Å². The predicted octanol–water partition coefficient (Wildman–Crippen LogP) is 4.24. The maximum Gasteiger partial charge on any atom is 0.418 e. The van der Waals surface area contributed by atoms with Crippen LogP contribution in [0.2, 0.25) is 5.02 Å². The van der Waals surface area contributed by atoms with Crippen molar-refractivity contribution in [2.24, 2.45) is 5.92 Å². The molecule has 7 heteroatoms. The number of benzene rings is 1. The number of amides is 1. The zero-order chi connectivity index (χ0) is 15.3. The van der Waals surface area contributed by atoms with Crippen molar-refractivity contribution < 1.29 is 18.0 Å². The van der Waals surface area contributed by atoms with Gasteiger partial charge in [-0.15, -0.1) is 0 Å². The van der Waals surface area contributed by atoms with Crippen LogP contribution in [-0.2, 0) is 11.0 Å². The van der Waals surface area contributed by atoms with Crippen LogP contribution in [-0.4, -0.2) is 5.91 Å². The van der Waals surface area contributed by atoms with E-state index in [0.29, 0.717) is 6.42 Å². The fourth-order valence-corrected chi connectivity index (χ4v) is 1.79. The Labute approximate surface area is 119 Å². The van der Waals surface area contributed by atoms with Crippen molar-refractivity contribution in [2.75, 3.05) is 5.32 Å². The lowest BCUT2D eigenvalue weighted by molar-refractivity contribution is -0.137. The van der Waals surface area contributed by atoms with Gasteiger partial charge in [-0.05, 0) is 24.6 Å². The summed E-state index contributed by atoms with van der Waals surface area (Å²) < 4.78 is 38.5. The maximum absolute atomic E-state index is 12.8. The molecule has 0 heterocycles. The van der Waals surface area contributed by atoms with Gasteiger partial charge in [-0.25, -0.2) is 0 Å². The monoisotopic (exact) mass is 304 g/mol. The van der Waals surface area contributed by atoms with Gasteiger partial charge in [0.05, 0.1) is 17.3 Å². The second-order valence-electron chi connectivity index (χ2n) is 4.15. The third-order valence-electron chi connectivity index (χ3n) is 2.59. The van der Waals surface area contributed by atoms with Crippen molar-refractivity contribution in [3.05, 3.63) is 28.8 Å². The number of anilines is 1. The molecule has 0 saturated carbocycles. The van der Waals surface area contributed by atoms with Crippen LogP contribution >= 0.6 is 11.6 Å². The Kier molecular flexibility index (Phi) is 5.40. The van der Waals surface area contributed by atoms with E-state index in [1.54, 1.807) is 13.0 Å². The lowest BCUT2D eigenvalue weighted by atomic mass is 10.0. The first kappa shape index (κ1) is 16.3. The minimum absolute atomic E-state index is 0.0827. The highest BCUT2D eigenvalue weighted by molar-refractivity contribution is 6.30. The number of nitriles is 1. The van der Waals surface area contributed by atoms with Gasteiger partial charge >= 0.3 is 6.18 Å². The van der Waals surface area contributed by atoms with Crippen LogP contribution in [0.3, 0.4) is 0 Å². The van der Waals surface area contributed by atoms with Gasteiger partial charge in [0.15, 0.2) is 0 Å². The van der Waals surface area contributed by atoms with Crippen molar-refractivity contribution in [3.63, 3.8) is 0 Å². The van der Waals surface area contributed by atoms with Crippen molar-refractivity contribution in [2.45, 2.75) is 25.9 Å². The Hall–Kier alpha value is -1.74. The Morgan fingerprint density at radius 3 is 2.65 bits per heavy atom. The Bertz CT molecular complexity index is 537. The molecule has 1 aromatic rings. The van der Waals surface area contributed by atoms with Crippen LogP contribution < -0.4 is 5.32 Å². The van der Waals surface area contributed by atoms with E-state index in [1.807, 2.05) is 0 Å². The molecule has 0 fully saturated rings. The van der Waals surface area contributed by atoms with Gasteiger partial charge in [0.2, 0.25) is 5.91 Å². The average molecular weight is 305 g/mol. The van der Waals surface area contributed by atoms with E-state index in [2.05, 4.69) is 5.32 Å². The van der Waals surface area contributed by atoms with E-state index < -0.39 is 29.3 Å². The molecule has 0 bridgehead atoms. The normalized spacial score (nSPS) is 12.6. The van der Waals surface area contributed by atoms with Crippen LogP contribution in [0.4, 0.5) is 18.9 Å². The van der Waals surface area contributed by atoms with Gasteiger partial charge in [0.1, 0.15) is 5.92 Å². The molecule has 0 spiro atoms. The lowest BCUT2D eigenvalue weighted by Crippen LogP contribution is -2.23. The molecule has 1 rings (SSSR count). The first-order valence-electron chi connectivity index (χ1n) is 5.86. The van der Waals surface area contributed by atoms with Crippen molar-refractivity contribution in [1.29, 1.82) is 5.26 Å². The average Bonchev–Trinajstić information content (AvgIpc) is 2.36. The van der Waals surface area contributed by atoms with Crippen LogP contribution in [0.5, 0.6) is 0 Å². The third kappa shape index (κ3) is 4.14. The standard InChI is InChI=1S/C13H12ClF3N2O/c1-2-3-8(7-18)12(20)19-11-5-4-9(14)6-10(11)13(15,16)17/h4-6,8H,2-3H2,1H3,(H,19,20). The summed E-state index contributed by atoms with van der Waals surface area (Å²) in [4.78, 5) is 11.8. The summed E-state index contributed by atoms with van der Waals surface area (Å²) in [5.41, 5.74) is -1.44. The highest BCUT2D eigenvalue weighted by atomic mass is 35.5. The number of halogens is 4. The minimum atomic E-state index is -4.64. The van der Waals surface area contributed by atoms with Crippen LogP contribution in [0.1, 0.15) is 25.3 Å². The highest BCUT2D eigenvalue weighted by Gasteiger charge is 2.34. The van der Waals surface area contributed by atoms with Gasteiger partial charge in [-0.1, -0.05) is 24.9 Å². The van der Waals surface area contributed by atoms with Crippen LogP contribution in [0.25, 0.3) is 0 Å². The zero-order valence-corrected chi connectivity index (χ0v) is 11.3. The lowest BCUT2D eigenvalue weighted by Gasteiger charge is -2.15. The van der Waals surface area contributed by atoms with Crippen molar-refractivity contribution in [1.82, 2.24) is 0 Å². The second-order valence-corrected chi connectivity index (χ2v) is 4.58. The van der Waals surface area contributed by atoms with Crippen LogP contribution in [0.15, 0.2) is 18.2 Å². The number of nitrogens with zero attached hydrogens (tertiary/aromatic N) is 1. The second kappa shape index (κ2) is 6.62. The molecule has 1 unspecified atom stereocenters. The van der Waals surface area contributed by atoms with Gasteiger partial charge in [-0.3, -0.25) is 4.79 Å². The highest BCUT2D eigenvalue weighted by Crippen LogP contribution is 2.36. The maximum atomic E-state index is 12.8. The van der Waals surface area contributed by atoms with Crippen molar-refractivity contribution in [3.8, 4) is 6.07 Å². The zero-order valence-electron chi connectivity index (χ0n) is 10.6. The van der Waals surface area contributed by atoms with E-state index in [1.165, 1.54) is 6.07 Å². The Balaban J connectivity index is 3.04. The molecule has 3 nitrogen and oxygen atoms in total. The summed E-state index contributed by atoms with van der Waals surface area (Å²) in [5.74, 6) is -1.72. The van der Waals surface area contributed by atoms with Crippen LogP contribution in [0, 0.1) is 17.2 Å². The molecule has 1 atom stereocenters. The number of rotatable bonds is 4. The first-order valence-corrected chi connectivity index (χ1v) is 6.24. The fourth-order valence-electron chi connectivity index (χ4n) is 1.62. The van der Waals surface area contributed by atoms with Crippen molar-refractivity contribution >= 4 is 23.2 Å². The molecule has 0 saturated heterocycles. The SMILES string of the molecule is CCCC(C#N)C(=O)Nc1ccc(Cl)cc1C(F)(F)F. The van der Waals surface area contributed by atoms with E-state index in [0.717, 1.165) is 12.1 Å². The molecule has 0 aliphatic rings. The first-order chi connectivity index (χ1) is 9.29. The molecule has 1 amide bonds. The van der Waals surface area contributed by atoms with Gasteiger partial charge in [0.25, 0.3) is 0 Å². The van der Waals surface area contributed by atoms with E-state index in [9.17, 15) is 18.0 Å². The van der Waals surface area contributed by atoms with Gasteiger partial charge in [0, 0.05) is 5.02 Å². The molecule has 0 aromatic heterocycles. The Morgan fingerprint density at radius 1 is 1.50 bits per heavy atom. The molecule has 20 heavy (non-hydrogen) atoms. The molecule has 1 N–H and O–H groups in total. The smallest absolute Gasteiger partial charge is 0.324 e. The summed E-state index contributed by atoms with van der Waals surface area (Å²) >= 11 is 5.53. The summed E-state index contributed by atoms with van der Waals surface area (Å²) in [6.07, 6.45) is -3.77. The number of carbonyl (C=O) groups is 1. The van der Waals surface area contributed by atoms with E-state index in [-0.39, 0.29) is 11.4 Å². The summed E-state index contributed by atoms with van der Waals surface area (Å²) in [6, 6.07) is 4.82. The predicted molar refractivity (Wildman–Crippen MR) is 69.1 cm³/mol. The number of nitrogens with one attached hydrogen (secondary N) is 1. The number of carbonyl (C=O) groups excluding carboxylic acids is 1. The molecule has 0 radical (unpaired) electrons. The molecular weight excluding hydrogens is 293 g/mol. The summed E-state index contributed by atoms with van der Waals surface area (Å²) in [5, 5.41) is 10.9. The topological polar surface area (TPSA) is 52.9 Å². The quantitative estimate of drug-likeness (QED) is 0.904. The summed E-state index contributed by atoms with van der Waals surface area (Å²) in [6.45, 7) is 1.78. The number of alkyl halides is 3. The molecule has 0 aliphatic heterocycles. The molecule has 0 aliphatic carbocycles. The van der Waals surface area contributed by atoms with Gasteiger partial charge < -0.3 is 5.32 Å². The molecule has 108 valence electrons. The van der Waals surface area contributed by atoms with E-state index in [4.69, 9.17) is 16.9 Å². The fraction of sp³-hybridized carbons (Fsp3) is 0.385.